The van der Waals surface area contributed by atoms with Gasteiger partial charge in [0.15, 0.2) is 0 Å². The number of aliphatic hydroxyl groups is 1. The molecule has 39 heavy (non-hydrogen) atoms. The number of anilines is 2. The number of amides is 1. The second kappa shape index (κ2) is 13.7. The molecule has 3 aromatic rings. The second-order valence-corrected chi connectivity index (χ2v) is 9.65. The van der Waals surface area contributed by atoms with Crippen LogP contribution in [0.5, 0.6) is 11.5 Å². The van der Waals surface area contributed by atoms with E-state index in [0.717, 1.165) is 43.1 Å². The van der Waals surface area contributed by atoms with Crippen molar-refractivity contribution in [3.63, 3.8) is 0 Å². The van der Waals surface area contributed by atoms with E-state index in [9.17, 15) is 9.90 Å². The molecule has 3 aromatic carbocycles. The van der Waals surface area contributed by atoms with E-state index in [1.807, 2.05) is 60.7 Å². The highest BCUT2D eigenvalue weighted by Crippen LogP contribution is 2.35. The molecule has 0 radical (unpaired) electrons. The van der Waals surface area contributed by atoms with Crippen molar-refractivity contribution in [3.05, 3.63) is 83.9 Å². The van der Waals surface area contributed by atoms with E-state index < -0.39 is 6.10 Å². The average molecular weight is 554 g/mol. The fourth-order valence-electron chi connectivity index (χ4n) is 4.97. The average Bonchev–Trinajstić information content (AvgIpc) is 2.96. The number of fused-ring (bicyclic) bond motifs is 1. The summed E-state index contributed by atoms with van der Waals surface area (Å²) >= 11 is 0. The molecule has 1 amide bonds. The first-order chi connectivity index (χ1) is 18.6. The summed E-state index contributed by atoms with van der Waals surface area (Å²) in [6.07, 6.45) is 0.316. The van der Waals surface area contributed by atoms with Crippen LogP contribution in [-0.2, 0) is 22.7 Å². The van der Waals surface area contributed by atoms with Crippen LogP contribution < -0.4 is 19.4 Å². The van der Waals surface area contributed by atoms with Crippen LogP contribution in [0, 0.1) is 0 Å². The Morgan fingerprint density at radius 2 is 1.64 bits per heavy atom. The number of nitrogens with zero attached hydrogens (tertiary/aromatic N) is 3. The van der Waals surface area contributed by atoms with E-state index in [1.54, 1.807) is 7.11 Å². The van der Waals surface area contributed by atoms with Crippen LogP contribution in [0.3, 0.4) is 0 Å². The monoisotopic (exact) mass is 553 g/mol. The van der Waals surface area contributed by atoms with Crippen molar-refractivity contribution in [1.82, 2.24) is 4.90 Å². The fraction of sp³-hybridized carbons (Fsp3) is 0.367. The SMILES string of the molecule is COc1ccc(N2CCN(CC(O)COc3cccc4c3CCC(=O)N4OCc3ccccc3)CC2)cc1.Cl. The number of piperazine rings is 1. The third-order valence-electron chi connectivity index (χ3n) is 7.06. The highest BCUT2D eigenvalue weighted by molar-refractivity contribution is 5.95. The lowest BCUT2D eigenvalue weighted by Crippen LogP contribution is -2.49. The van der Waals surface area contributed by atoms with Crippen molar-refractivity contribution in [2.45, 2.75) is 25.6 Å². The zero-order valence-electron chi connectivity index (χ0n) is 22.2. The number of hydrogen-bond acceptors (Lipinski definition) is 7. The van der Waals surface area contributed by atoms with E-state index in [0.29, 0.717) is 37.4 Å². The van der Waals surface area contributed by atoms with Gasteiger partial charge in [-0.1, -0.05) is 36.4 Å². The fourth-order valence-corrected chi connectivity index (χ4v) is 4.97. The number of carbonyl (C=O) groups excluding carboxylic acids is 1. The Bertz CT molecular complexity index is 1200. The molecule has 2 aliphatic heterocycles. The lowest BCUT2D eigenvalue weighted by atomic mass is 10.0. The molecule has 1 atom stereocenters. The predicted molar refractivity (Wildman–Crippen MR) is 154 cm³/mol. The number of carbonyl (C=O) groups is 1. The Morgan fingerprint density at radius 3 is 2.36 bits per heavy atom. The topological polar surface area (TPSA) is 74.7 Å². The van der Waals surface area contributed by atoms with Crippen LogP contribution in [0.15, 0.2) is 72.8 Å². The van der Waals surface area contributed by atoms with Crippen molar-refractivity contribution < 1.29 is 24.2 Å². The highest BCUT2D eigenvalue weighted by atomic mass is 35.5. The van der Waals surface area contributed by atoms with Gasteiger partial charge < -0.3 is 19.5 Å². The molecule has 0 spiro atoms. The molecule has 9 heteroatoms. The Kier molecular flexibility index (Phi) is 10.1. The molecule has 0 aromatic heterocycles. The molecular weight excluding hydrogens is 518 g/mol. The number of halogens is 1. The number of methoxy groups -OCH3 is 1. The van der Waals surface area contributed by atoms with E-state index in [1.165, 1.54) is 10.8 Å². The summed E-state index contributed by atoms with van der Waals surface area (Å²) in [4.78, 5) is 23.1. The van der Waals surface area contributed by atoms with E-state index in [-0.39, 0.29) is 24.9 Å². The summed E-state index contributed by atoms with van der Waals surface area (Å²) in [5.41, 5.74) is 3.82. The Morgan fingerprint density at radius 1 is 0.897 bits per heavy atom. The third kappa shape index (κ3) is 7.22. The minimum absolute atomic E-state index is 0. The van der Waals surface area contributed by atoms with Gasteiger partial charge in [-0.3, -0.25) is 14.5 Å². The largest absolute Gasteiger partial charge is 0.497 e. The van der Waals surface area contributed by atoms with Crippen molar-refractivity contribution in [2.24, 2.45) is 0 Å². The van der Waals surface area contributed by atoms with Gasteiger partial charge in [0.05, 0.1) is 12.8 Å². The lowest BCUT2D eigenvalue weighted by Gasteiger charge is -2.37. The summed E-state index contributed by atoms with van der Waals surface area (Å²) in [6, 6.07) is 23.5. The summed E-state index contributed by atoms with van der Waals surface area (Å²) in [5.74, 6) is 1.47. The van der Waals surface area contributed by atoms with Gasteiger partial charge in [-0.05, 0) is 48.4 Å². The van der Waals surface area contributed by atoms with Crippen LogP contribution in [0.4, 0.5) is 11.4 Å². The van der Waals surface area contributed by atoms with Gasteiger partial charge in [0.1, 0.15) is 30.8 Å². The van der Waals surface area contributed by atoms with Crippen LogP contribution in [0.2, 0.25) is 0 Å². The highest BCUT2D eigenvalue weighted by Gasteiger charge is 2.28. The molecule has 0 saturated carbocycles. The molecule has 2 heterocycles. The first-order valence-corrected chi connectivity index (χ1v) is 13.1. The number of hydroxylamine groups is 1. The molecule has 0 aliphatic carbocycles. The molecule has 208 valence electrons. The van der Waals surface area contributed by atoms with Gasteiger partial charge in [-0.2, -0.15) is 5.06 Å². The van der Waals surface area contributed by atoms with E-state index >= 15 is 0 Å². The van der Waals surface area contributed by atoms with Gasteiger partial charge >= 0.3 is 0 Å². The minimum atomic E-state index is -0.617. The van der Waals surface area contributed by atoms with Crippen molar-refractivity contribution in [1.29, 1.82) is 0 Å². The molecule has 1 N–H and O–H groups in total. The van der Waals surface area contributed by atoms with Crippen molar-refractivity contribution >= 4 is 29.7 Å². The van der Waals surface area contributed by atoms with E-state index in [4.69, 9.17) is 14.3 Å². The number of benzene rings is 3. The lowest BCUT2D eigenvalue weighted by molar-refractivity contribution is -0.127. The zero-order chi connectivity index (χ0) is 26.3. The molecule has 1 fully saturated rings. The summed E-state index contributed by atoms with van der Waals surface area (Å²) in [5, 5.41) is 12.1. The smallest absolute Gasteiger partial charge is 0.251 e. The predicted octanol–water partition coefficient (Wildman–Crippen LogP) is 4.09. The molecule has 1 saturated heterocycles. The minimum Gasteiger partial charge on any atom is -0.497 e. The maximum Gasteiger partial charge on any atom is 0.251 e. The number of rotatable bonds is 10. The zero-order valence-corrected chi connectivity index (χ0v) is 23.0. The Labute approximate surface area is 236 Å². The first kappa shape index (κ1) is 28.7. The quantitative estimate of drug-likeness (QED) is 0.405. The van der Waals surface area contributed by atoms with Crippen molar-refractivity contribution in [2.75, 3.05) is 56.4 Å². The van der Waals surface area contributed by atoms with Crippen LogP contribution in [0.25, 0.3) is 0 Å². The number of aliphatic hydroxyl groups excluding tert-OH is 1. The molecule has 1 unspecified atom stereocenters. The molecule has 5 rings (SSSR count). The standard InChI is InChI=1S/C30H35N3O5.ClH/c1-36-26-12-10-24(11-13-26)32-18-16-31(17-19-32)20-25(34)22-37-29-9-5-8-28-27(29)14-15-30(35)33(28)38-21-23-6-3-2-4-7-23;/h2-13,25,34H,14-22H2,1H3;1H. The van der Waals surface area contributed by atoms with Crippen molar-refractivity contribution in [3.8, 4) is 11.5 Å². The summed E-state index contributed by atoms with van der Waals surface area (Å²) in [6.45, 7) is 4.60. The van der Waals surface area contributed by atoms with Crippen LogP contribution in [-0.4, -0.2) is 68.5 Å². The third-order valence-corrected chi connectivity index (χ3v) is 7.06. The number of hydrogen-bond donors (Lipinski definition) is 1. The Hall–Kier alpha value is -3.30. The van der Waals surface area contributed by atoms with Gasteiger partial charge in [0.25, 0.3) is 5.91 Å². The van der Waals surface area contributed by atoms with Gasteiger partial charge in [0, 0.05) is 50.4 Å². The molecule has 2 aliphatic rings. The first-order valence-electron chi connectivity index (χ1n) is 13.1. The number of β-amino-alcohol motifs (C(OH)–C–C–N with tert-alkyl or cyclic N) is 1. The van der Waals surface area contributed by atoms with Gasteiger partial charge in [0.2, 0.25) is 0 Å². The normalized spacial score (nSPS) is 16.3. The summed E-state index contributed by atoms with van der Waals surface area (Å²) in [7, 11) is 1.67. The Balaban J connectivity index is 0.00000353. The van der Waals surface area contributed by atoms with Crippen LogP contribution >= 0.6 is 12.4 Å². The maximum absolute atomic E-state index is 12.6. The maximum atomic E-state index is 12.6. The molecule has 0 bridgehead atoms. The van der Waals surface area contributed by atoms with Gasteiger partial charge in [-0.25, -0.2) is 0 Å². The van der Waals surface area contributed by atoms with Crippen LogP contribution in [0.1, 0.15) is 17.5 Å². The molecule has 8 nitrogen and oxygen atoms in total. The summed E-state index contributed by atoms with van der Waals surface area (Å²) < 4.78 is 11.3. The number of ether oxygens (including phenoxy) is 2. The van der Waals surface area contributed by atoms with Gasteiger partial charge in [-0.15, -0.1) is 12.4 Å². The second-order valence-electron chi connectivity index (χ2n) is 9.65. The molecular formula is C30H36ClN3O5. The van der Waals surface area contributed by atoms with E-state index in [2.05, 4.69) is 21.9 Å².